The summed E-state index contributed by atoms with van der Waals surface area (Å²) in [6.07, 6.45) is 0. The fourth-order valence-electron chi connectivity index (χ4n) is 1.43. The Kier molecular flexibility index (Phi) is 4.29. The molecule has 0 atom stereocenters. The van der Waals surface area contributed by atoms with E-state index in [2.05, 4.69) is 15.0 Å². The summed E-state index contributed by atoms with van der Waals surface area (Å²) in [6.45, 7) is 1.89. The molecule has 1 N–H and O–H groups in total. The number of ether oxygens (including phenoxy) is 1. The van der Waals surface area contributed by atoms with Crippen molar-refractivity contribution >= 4 is 51.3 Å². The minimum Gasteiger partial charge on any atom is -0.465 e. The average Bonchev–Trinajstić information content (AvgIpc) is 2.75. The van der Waals surface area contributed by atoms with Crippen LogP contribution in [0.15, 0.2) is 18.2 Å². The van der Waals surface area contributed by atoms with Gasteiger partial charge in [0.1, 0.15) is 0 Å². The highest BCUT2D eigenvalue weighted by atomic mass is 35.5. The monoisotopic (exact) mass is 316 g/mol. The molecular weight excluding hydrogens is 307 g/mol. The van der Waals surface area contributed by atoms with Crippen molar-refractivity contribution < 1.29 is 9.53 Å². The summed E-state index contributed by atoms with van der Waals surface area (Å²) in [6, 6.07) is 5.50. The smallest absolute Gasteiger partial charge is 0.351 e. The number of nitrogens with zero attached hydrogens (tertiary/aromatic N) is 1. The molecule has 0 unspecified atom stereocenters. The maximum absolute atomic E-state index is 11.4. The molecule has 100 valence electrons. The van der Waals surface area contributed by atoms with Crippen molar-refractivity contribution in [2.75, 3.05) is 12.4 Å². The normalized spacial score (nSPS) is 10.3. The minimum atomic E-state index is -0.502. The third-order valence-electron chi connectivity index (χ3n) is 2.47. The summed E-state index contributed by atoms with van der Waals surface area (Å²) in [5, 5.41) is 4.37. The van der Waals surface area contributed by atoms with Gasteiger partial charge in [-0.15, -0.1) is 0 Å². The van der Waals surface area contributed by atoms with Crippen molar-refractivity contribution in [3.05, 3.63) is 38.8 Å². The number of anilines is 2. The zero-order chi connectivity index (χ0) is 14.0. The first-order valence-corrected chi connectivity index (χ1v) is 6.87. The lowest BCUT2D eigenvalue weighted by Gasteiger charge is -2.07. The number of nitrogens with one attached hydrogen (secondary N) is 1. The Bertz CT molecular complexity index is 628. The molecule has 0 bridgehead atoms. The molecule has 2 aromatic rings. The van der Waals surface area contributed by atoms with Crippen LogP contribution in [0.3, 0.4) is 0 Å². The summed E-state index contributed by atoms with van der Waals surface area (Å²) < 4.78 is 4.62. The van der Waals surface area contributed by atoms with Crippen molar-refractivity contribution in [1.82, 2.24) is 4.98 Å². The minimum absolute atomic E-state index is 0.124. The van der Waals surface area contributed by atoms with E-state index in [4.69, 9.17) is 23.2 Å². The van der Waals surface area contributed by atoms with Crippen LogP contribution < -0.4 is 5.32 Å². The van der Waals surface area contributed by atoms with E-state index in [-0.39, 0.29) is 10.0 Å². The molecule has 2 rings (SSSR count). The van der Waals surface area contributed by atoms with E-state index in [9.17, 15) is 4.79 Å². The molecule has 1 heterocycles. The van der Waals surface area contributed by atoms with Crippen LogP contribution in [0.2, 0.25) is 10.2 Å². The van der Waals surface area contributed by atoms with Gasteiger partial charge in [0.05, 0.1) is 7.11 Å². The second-order valence-electron chi connectivity index (χ2n) is 3.67. The number of carbonyl (C=O) groups excluding carboxylic acids is 1. The highest BCUT2D eigenvalue weighted by Crippen LogP contribution is 2.32. The number of methoxy groups -OCH3 is 1. The first-order valence-electron chi connectivity index (χ1n) is 5.29. The fraction of sp³-hybridized carbons (Fsp3) is 0.167. The Morgan fingerprint density at radius 3 is 2.84 bits per heavy atom. The van der Waals surface area contributed by atoms with E-state index in [0.717, 1.165) is 22.6 Å². The number of halogens is 2. The Hall–Kier alpha value is -1.30. The molecule has 19 heavy (non-hydrogen) atoms. The summed E-state index contributed by atoms with van der Waals surface area (Å²) in [5.74, 6) is -0.502. The van der Waals surface area contributed by atoms with Gasteiger partial charge in [0.2, 0.25) is 0 Å². The van der Waals surface area contributed by atoms with Crippen LogP contribution in [0.25, 0.3) is 0 Å². The van der Waals surface area contributed by atoms with Crippen molar-refractivity contribution in [2.24, 2.45) is 0 Å². The summed E-state index contributed by atoms with van der Waals surface area (Å²) in [7, 11) is 1.30. The van der Waals surface area contributed by atoms with Crippen LogP contribution in [-0.2, 0) is 4.74 Å². The van der Waals surface area contributed by atoms with Crippen molar-refractivity contribution in [3.8, 4) is 0 Å². The van der Waals surface area contributed by atoms with Gasteiger partial charge in [0.15, 0.2) is 15.2 Å². The summed E-state index contributed by atoms with van der Waals surface area (Å²) >= 11 is 13.1. The van der Waals surface area contributed by atoms with Crippen LogP contribution in [0.1, 0.15) is 15.2 Å². The molecule has 1 aromatic carbocycles. The van der Waals surface area contributed by atoms with E-state index in [1.165, 1.54) is 7.11 Å². The van der Waals surface area contributed by atoms with Gasteiger partial charge in [-0.1, -0.05) is 40.6 Å². The van der Waals surface area contributed by atoms with E-state index in [0.29, 0.717) is 10.2 Å². The van der Waals surface area contributed by atoms with Gasteiger partial charge in [-0.2, -0.15) is 0 Å². The molecule has 7 heteroatoms. The Morgan fingerprint density at radius 2 is 2.16 bits per heavy atom. The van der Waals surface area contributed by atoms with E-state index in [1.807, 2.05) is 19.1 Å². The second-order valence-corrected chi connectivity index (χ2v) is 5.43. The highest BCUT2D eigenvalue weighted by molar-refractivity contribution is 7.18. The maximum Gasteiger partial charge on any atom is 0.351 e. The molecule has 0 aliphatic rings. The van der Waals surface area contributed by atoms with Crippen molar-refractivity contribution in [1.29, 1.82) is 0 Å². The second kappa shape index (κ2) is 5.77. The number of hydrogen-bond donors (Lipinski definition) is 1. The third-order valence-corrected chi connectivity index (χ3v) is 4.21. The van der Waals surface area contributed by atoms with Gasteiger partial charge in [0.25, 0.3) is 0 Å². The lowest BCUT2D eigenvalue weighted by Crippen LogP contribution is -1.98. The molecule has 0 spiro atoms. The summed E-state index contributed by atoms with van der Waals surface area (Å²) in [5.41, 5.74) is 1.71. The number of esters is 1. The quantitative estimate of drug-likeness (QED) is 0.858. The highest BCUT2D eigenvalue weighted by Gasteiger charge is 2.17. The van der Waals surface area contributed by atoms with Gasteiger partial charge < -0.3 is 10.1 Å². The molecule has 4 nitrogen and oxygen atoms in total. The number of thiazole rings is 1. The van der Waals surface area contributed by atoms with Crippen LogP contribution in [0.4, 0.5) is 10.8 Å². The largest absolute Gasteiger partial charge is 0.465 e. The average molecular weight is 317 g/mol. The maximum atomic E-state index is 11.4. The standard InChI is InChI=1S/C12H10Cl2N2O2S/c1-6-7(13)4-3-5-8(6)15-12-16-10(14)9(19-12)11(17)18-2/h3-5H,1-2H3,(H,15,16). The zero-order valence-corrected chi connectivity index (χ0v) is 12.5. The third kappa shape index (κ3) is 3.00. The van der Waals surface area contributed by atoms with Crippen LogP contribution in [0.5, 0.6) is 0 Å². The molecule has 0 aliphatic carbocycles. The first-order chi connectivity index (χ1) is 9.02. The van der Waals surface area contributed by atoms with Gasteiger partial charge in [-0.05, 0) is 24.6 Å². The van der Waals surface area contributed by atoms with Crippen LogP contribution in [-0.4, -0.2) is 18.1 Å². The van der Waals surface area contributed by atoms with Crippen LogP contribution in [0, 0.1) is 6.92 Å². The molecular formula is C12H10Cl2N2O2S. The molecule has 0 amide bonds. The van der Waals surface area contributed by atoms with Crippen molar-refractivity contribution in [3.63, 3.8) is 0 Å². The molecule has 0 saturated carbocycles. The Labute approximate surface area is 124 Å². The van der Waals surface area contributed by atoms with E-state index >= 15 is 0 Å². The topological polar surface area (TPSA) is 51.2 Å². The number of hydrogen-bond acceptors (Lipinski definition) is 5. The van der Waals surface area contributed by atoms with Crippen molar-refractivity contribution in [2.45, 2.75) is 6.92 Å². The predicted octanol–water partition coefficient (Wildman–Crippen LogP) is 4.29. The molecule has 0 radical (unpaired) electrons. The van der Waals surface area contributed by atoms with Gasteiger partial charge >= 0.3 is 5.97 Å². The molecule has 1 aromatic heterocycles. The van der Waals surface area contributed by atoms with Gasteiger partial charge in [-0.25, -0.2) is 9.78 Å². The molecule has 0 fully saturated rings. The van der Waals surface area contributed by atoms with E-state index in [1.54, 1.807) is 6.07 Å². The van der Waals surface area contributed by atoms with Gasteiger partial charge in [-0.3, -0.25) is 0 Å². The number of benzene rings is 1. The molecule has 0 aliphatic heterocycles. The van der Waals surface area contributed by atoms with E-state index < -0.39 is 5.97 Å². The Morgan fingerprint density at radius 1 is 1.42 bits per heavy atom. The van der Waals surface area contributed by atoms with Gasteiger partial charge in [0, 0.05) is 10.7 Å². The first kappa shape index (κ1) is 14.1. The SMILES string of the molecule is COC(=O)c1sc(Nc2cccc(Cl)c2C)nc1Cl. The lowest BCUT2D eigenvalue weighted by molar-refractivity contribution is 0.0606. The molecule has 0 saturated heterocycles. The number of rotatable bonds is 3. The number of carbonyl (C=O) groups is 1. The fourth-order valence-corrected chi connectivity index (χ4v) is 2.72. The Balaban J connectivity index is 2.29. The predicted molar refractivity (Wildman–Crippen MR) is 77.9 cm³/mol. The van der Waals surface area contributed by atoms with Crippen LogP contribution >= 0.6 is 34.5 Å². The lowest BCUT2D eigenvalue weighted by atomic mass is 10.2. The number of aromatic nitrogens is 1. The summed E-state index contributed by atoms with van der Waals surface area (Å²) in [4.78, 5) is 15.8. The zero-order valence-electron chi connectivity index (χ0n) is 10.2.